The van der Waals surface area contributed by atoms with Gasteiger partial charge in [-0.25, -0.2) is 9.78 Å². The number of carbonyl (C=O) groups excluding carboxylic acids is 1. The Morgan fingerprint density at radius 1 is 1.21 bits per heavy atom. The van der Waals surface area contributed by atoms with Crippen molar-refractivity contribution in [2.45, 2.75) is 58.9 Å². The van der Waals surface area contributed by atoms with Crippen molar-refractivity contribution in [3.05, 3.63) is 40.4 Å². The van der Waals surface area contributed by atoms with Gasteiger partial charge in [0.1, 0.15) is 16.4 Å². The van der Waals surface area contributed by atoms with Gasteiger partial charge in [0.2, 0.25) is 0 Å². The van der Waals surface area contributed by atoms with Crippen LogP contribution in [0.25, 0.3) is 16.2 Å². The summed E-state index contributed by atoms with van der Waals surface area (Å²) in [5.41, 5.74) is 4.17. The number of nitrogens with zero attached hydrogens (tertiary/aromatic N) is 2. The van der Waals surface area contributed by atoms with Crippen molar-refractivity contribution in [1.82, 2.24) is 9.38 Å². The summed E-state index contributed by atoms with van der Waals surface area (Å²) in [6.45, 7) is 6.27. The zero-order valence-electron chi connectivity index (χ0n) is 16.7. The third-order valence-corrected chi connectivity index (χ3v) is 6.56. The number of nitrogens with one attached hydrogen (secondary N) is 1. The maximum absolute atomic E-state index is 12.4. The second-order valence-electron chi connectivity index (χ2n) is 7.51. The molecule has 1 fully saturated rings. The molecule has 1 aromatic carbocycles. The zero-order valence-corrected chi connectivity index (χ0v) is 17.6. The smallest absolute Gasteiger partial charge is 0.350 e. The van der Waals surface area contributed by atoms with E-state index >= 15 is 0 Å². The lowest BCUT2D eigenvalue weighted by Gasteiger charge is -2.24. The predicted octanol–water partition coefficient (Wildman–Crippen LogP) is 5.60. The number of hydrogen-bond donors (Lipinski definition) is 1. The molecular formula is C22H27N3O2S. The Labute approximate surface area is 169 Å². The summed E-state index contributed by atoms with van der Waals surface area (Å²) in [5.74, 6) is 0.728. The fraction of sp³-hybridized carbons (Fsp3) is 0.455. The Balaban J connectivity index is 1.82. The third-order valence-electron chi connectivity index (χ3n) is 5.44. The van der Waals surface area contributed by atoms with E-state index in [0.29, 0.717) is 17.5 Å². The zero-order chi connectivity index (χ0) is 19.7. The molecule has 1 aliphatic carbocycles. The first-order valence-corrected chi connectivity index (χ1v) is 10.9. The van der Waals surface area contributed by atoms with Crippen molar-refractivity contribution in [3.8, 4) is 11.3 Å². The number of esters is 1. The predicted molar refractivity (Wildman–Crippen MR) is 114 cm³/mol. The normalized spacial score (nSPS) is 15.1. The molecule has 2 aromatic heterocycles. The number of imidazole rings is 1. The SMILES string of the molecule is CCOC(=O)c1sc2nc(-c3ccc(C)cc3)c(NC3CCCCC3)n2c1C. The molecule has 5 nitrogen and oxygen atoms in total. The van der Waals surface area contributed by atoms with Crippen LogP contribution in [0, 0.1) is 13.8 Å². The Morgan fingerprint density at radius 2 is 1.93 bits per heavy atom. The molecule has 0 aliphatic heterocycles. The first-order chi connectivity index (χ1) is 13.6. The van der Waals surface area contributed by atoms with E-state index in [0.717, 1.165) is 27.7 Å². The minimum absolute atomic E-state index is 0.268. The van der Waals surface area contributed by atoms with E-state index in [1.54, 1.807) is 0 Å². The van der Waals surface area contributed by atoms with Crippen molar-refractivity contribution >= 4 is 28.1 Å². The Bertz CT molecular complexity index is 982. The van der Waals surface area contributed by atoms with E-state index < -0.39 is 0 Å². The number of aryl methyl sites for hydroxylation is 2. The van der Waals surface area contributed by atoms with E-state index in [-0.39, 0.29) is 5.97 Å². The van der Waals surface area contributed by atoms with Crippen LogP contribution in [0.1, 0.15) is 60.0 Å². The Hall–Kier alpha value is -2.34. The minimum atomic E-state index is -0.268. The molecule has 0 amide bonds. The lowest BCUT2D eigenvalue weighted by Crippen LogP contribution is -2.23. The molecule has 1 saturated carbocycles. The largest absolute Gasteiger partial charge is 0.462 e. The molecule has 0 bridgehead atoms. The highest BCUT2D eigenvalue weighted by molar-refractivity contribution is 7.19. The molecule has 0 unspecified atom stereocenters. The lowest BCUT2D eigenvalue weighted by atomic mass is 9.95. The first-order valence-electron chi connectivity index (χ1n) is 10.1. The van der Waals surface area contributed by atoms with Crippen molar-refractivity contribution in [2.24, 2.45) is 0 Å². The number of aromatic nitrogens is 2. The van der Waals surface area contributed by atoms with Gasteiger partial charge >= 0.3 is 5.97 Å². The van der Waals surface area contributed by atoms with Gasteiger partial charge in [0.25, 0.3) is 0 Å². The van der Waals surface area contributed by atoms with Crippen LogP contribution in [-0.4, -0.2) is 28.0 Å². The number of benzene rings is 1. The maximum atomic E-state index is 12.4. The third kappa shape index (κ3) is 3.53. The van der Waals surface area contributed by atoms with Gasteiger partial charge in [-0.1, -0.05) is 60.4 Å². The Morgan fingerprint density at radius 3 is 2.61 bits per heavy atom. The van der Waals surface area contributed by atoms with Crippen LogP contribution in [0.2, 0.25) is 0 Å². The first kappa shape index (κ1) is 19.0. The highest BCUT2D eigenvalue weighted by Gasteiger charge is 2.25. The molecule has 148 valence electrons. The fourth-order valence-electron chi connectivity index (χ4n) is 3.92. The van der Waals surface area contributed by atoms with Crippen molar-refractivity contribution in [1.29, 1.82) is 0 Å². The lowest BCUT2D eigenvalue weighted by molar-refractivity contribution is 0.0531. The second kappa shape index (κ2) is 7.95. The molecule has 6 heteroatoms. The molecule has 0 saturated heterocycles. The topological polar surface area (TPSA) is 55.6 Å². The molecule has 1 aliphatic rings. The van der Waals surface area contributed by atoms with Crippen LogP contribution < -0.4 is 5.32 Å². The van der Waals surface area contributed by atoms with Crippen LogP contribution >= 0.6 is 11.3 Å². The van der Waals surface area contributed by atoms with Gasteiger partial charge in [-0.3, -0.25) is 4.40 Å². The van der Waals surface area contributed by atoms with Crippen LogP contribution in [0.15, 0.2) is 24.3 Å². The molecule has 28 heavy (non-hydrogen) atoms. The monoisotopic (exact) mass is 397 g/mol. The molecule has 0 atom stereocenters. The summed E-state index contributed by atoms with van der Waals surface area (Å²) < 4.78 is 7.33. The van der Waals surface area contributed by atoms with Crippen LogP contribution in [0.4, 0.5) is 5.82 Å². The summed E-state index contributed by atoms with van der Waals surface area (Å²) >= 11 is 1.40. The summed E-state index contributed by atoms with van der Waals surface area (Å²) in [6.07, 6.45) is 6.19. The number of thiazole rings is 1. The molecule has 3 aromatic rings. The quantitative estimate of drug-likeness (QED) is 0.569. The number of anilines is 1. The van der Waals surface area contributed by atoms with Gasteiger partial charge < -0.3 is 10.1 Å². The molecule has 1 N–H and O–H groups in total. The summed E-state index contributed by atoms with van der Waals surface area (Å²) in [6, 6.07) is 8.92. The summed E-state index contributed by atoms with van der Waals surface area (Å²) in [5, 5.41) is 3.77. The number of carbonyl (C=O) groups is 1. The van der Waals surface area contributed by atoms with Crippen molar-refractivity contribution in [3.63, 3.8) is 0 Å². The molecule has 0 spiro atoms. The van der Waals surface area contributed by atoms with Crippen molar-refractivity contribution in [2.75, 3.05) is 11.9 Å². The van der Waals surface area contributed by atoms with E-state index in [2.05, 4.69) is 40.9 Å². The molecular weight excluding hydrogens is 370 g/mol. The second-order valence-corrected chi connectivity index (χ2v) is 8.49. The van der Waals surface area contributed by atoms with Gasteiger partial charge in [-0.05, 0) is 33.6 Å². The van der Waals surface area contributed by atoms with E-state index in [9.17, 15) is 4.79 Å². The van der Waals surface area contributed by atoms with Gasteiger partial charge in [0, 0.05) is 17.3 Å². The van der Waals surface area contributed by atoms with Gasteiger partial charge in [0.15, 0.2) is 4.96 Å². The van der Waals surface area contributed by atoms with E-state index in [4.69, 9.17) is 9.72 Å². The minimum Gasteiger partial charge on any atom is -0.462 e. The average Bonchev–Trinajstić information content (AvgIpc) is 3.21. The molecule has 4 rings (SSSR count). The van der Waals surface area contributed by atoms with Crippen molar-refractivity contribution < 1.29 is 9.53 Å². The summed E-state index contributed by atoms with van der Waals surface area (Å²) in [7, 11) is 0. The molecule has 2 heterocycles. The number of hydrogen-bond acceptors (Lipinski definition) is 5. The van der Waals surface area contributed by atoms with Gasteiger partial charge in [-0.2, -0.15) is 0 Å². The van der Waals surface area contributed by atoms with Gasteiger partial charge in [0.05, 0.1) is 6.61 Å². The maximum Gasteiger partial charge on any atom is 0.350 e. The van der Waals surface area contributed by atoms with Crippen LogP contribution in [0.3, 0.4) is 0 Å². The summed E-state index contributed by atoms with van der Waals surface area (Å²) in [4.78, 5) is 18.7. The van der Waals surface area contributed by atoms with Gasteiger partial charge in [-0.15, -0.1) is 0 Å². The van der Waals surface area contributed by atoms with E-state index in [1.165, 1.54) is 49.0 Å². The molecule has 0 radical (unpaired) electrons. The number of rotatable bonds is 5. The highest BCUT2D eigenvalue weighted by Crippen LogP contribution is 2.36. The Kier molecular flexibility index (Phi) is 5.40. The standard InChI is InChI=1S/C22H27N3O2S/c1-4-27-21(26)19-15(3)25-20(23-17-8-6-5-7-9-17)18(24-22(25)28-19)16-12-10-14(2)11-13-16/h10-13,17,23H,4-9H2,1-3H3. The van der Waals surface area contributed by atoms with E-state index in [1.807, 2.05) is 13.8 Å². The van der Waals surface area contributed by atoms with Crippen LogP contribution in [-0.2, 0) is 4.74 Å². The number of fused-ring (bicyclic) bond motifs is 1. The fourth-order valence-corrected chi connectivity index (χ4v) is 4.94. The average molecular weight is 398 g/mol. The van der Waals surface area contributed by atoms with Crippen LogP contribution in [0.5, 0.6) is 0 Å². The number of ether oxygens (including phenoxy) is 1. The highest BCUT2D eigenvalue weighted by atomic mass is 32.1.